The van der Waals surface area contributed by atoms with Crippen LogP contribution in [0.4, 0.5) is 0 Å². The molecule has 0 saturated heterocycles. The van der Waals surface area contributed by atoms with Crippen LogP contribution >= 0.6 is 0 Å². The minimum Gasteiger partial charge on any atom is -0.500 e. The second-order valence-electron chi connectivity index (χ2n) is 21.8. The summed E-state index contributed by atoms with van der Waals surface area (Å²) >= 11 is 0. The fourth-order valence-electron chi connectivity index (χ4n) is 12.5. The van der Waals surface area contributed by atoms with Crippen molar-refractivity contribution in [2.24, 2.45) is 28.1 Å². The molecule has 2 fully saturated rings. The normalized spacial score (nSPS) is 23.5. The van der Waals surface area contributed by atoms with Gasteiger partial charge in [-0.1, -0.05) is 185 Å². The minimum absolute atomic E-state index is 0. The van der Waals surface area contributed by atoms with Gasteiger partial charge in [-0.3, -0.25) is 0 Å². The van der Waals surface area contributed by atoms with Crippen molar-refractivity contribution >= 4 is 43.5 Å². The van der Waals surface area contributed by atoms with E-state index in [1.165, 1.54) is 11.6 Å². The summed E-state index contributed by atoms with van der Waals surface area (Å²) in [6.45, 7) is 7.82. The van der Waals surface area contributed by atoms with Crippen molar-refractivity contribution in [3.05, 3.63) is 155 Å². The van der Waals surface area contributed by atoms with E-state index in [0.717, 1.165) is 77.2 Å². The van der Waals surface area contributed by atoms with Gasteiger partial charge in [0.05, 0.1) is 5.58 Å². The molecule has 0 amide bonds. The molecule has 3 atom stereocenters. The molecule has 0 aliphatic heterocycles. The van der Waals surface area contributed by atoms with Gasteiger partial charge in [0.25, 0.3) is 0 Å². The number of nitrogens with zero attached hydrogens (tertiary/aromatic N) is 2. The number of ether oxygens (including phenoxy) is 1. The number of benzene rings is 6. The monoisotopic (exact) mass is 1100 g/mol. The third-order valence-electron chi connectivity index (χ3n) is 15.3. The number of pyridine rings is 2. The number of hydrogen-bond donors (Lipinski definition) is 0. The van der Waals surface area contributed by atoms with Gasteiger partial charge in [-0.15, -0.1) is 11.6 Å². The quantitative estimate of drug-likeness (QED) is 0.118. The van der Waals surface area contributed by atoms with Gasteiger partial charge in [-0.2, -0.15) is 0 Å². The van der Waals surface area contributed by atoms with Crippen LogP contribution in [0.2, 0.25) is 0 Å². The van der Waals surface area contributed by atoms with Gasteiger partial charge >= 0.3 is 21.1 Å². The zero-order valence-electron chi connectivity index (χ0n) is 50.4. The summed E-state index contributed by atoms with van der Waals surface area (Å²) < 4.78 is 101. The number of fused-ring (bicyclic) bond motifs is 7. The topological polar surface area (TPSA) is 48.2 Å². The molecule has 0 bridgehead atoms. The van der Waals surface area contributed by atoms with Gasteiger partial charge in [0.2, 0.25) is 0 Å². The summed E-state index contributed by atoms with van der Waals surface area (Å²) in [7, 11) is 0. The van der Waals surface area contributed by atoms with Crippen LogP contribution in [0.3, 0.4) is 0 Å². The van der Waals surface area contributed by atoms with Crippen LogP contribution in [0, 0.1) is 67.7 Å². The Bertz CT molecular complexity index is 3830. The molecule has 352 valence electrons. The first-order chi connectivity index (χ1) is 36.5. The molecule has 9 aromatic rings. The summed E-state index contributed by atoms with van der Waals surface area (Å²) in [4.78, 5) is 9.57. The zero-order chi connectivity index (χ0) is 55.7. The molecule has 69 heavy (non-hydrogen) atoms. The molecular formula is C64H64N2O2Pt. The largest absolute Gasteiger partial charge is 2.00 e. The SMILES string of the molecule is [2H]C([2H])([2H])c1cnc(-c2[c-]c(Oc3[c-]c(-c4cc(C5CCC(C)(C6([2H])CC(C)(C)CC(C)(C)C6)CC5C)c(C)cn4)c4oc5c(ccc6ccc7ccccc7c65)c4c3)c(C([2H])([2H])[2H])c(-c3ccccc3)c2)cc1C([2H])([2H])[2H].[Pt+2]. The Morgan fingerprint density at radius 1 is 0.710 bits per heavy atom. The fourth-order valence-corrected chi connectivity index (χ4v) is 12.5. The van der Waals surface area contributed by atoms with Crippen molar-refractivity contribution in [2.45, 2.75) is 113 Å². The zero-order valence-corrected chi connectivity index (χ0v) is 42.7. The smallest absolute Gasteiger partial charge is 0.500 e. The number of rotatable bonds is 7. The summed E-state index contributed by atoms with van der Waals surface area (Å²) in [6.07, 6.45) is 8.62. The second kappa shape index (κ2) is 17.7. The van der Waals surface area contributed by atoms with E-state index in [0.29, 0.717) is 33.4 Å². The van der Waals surface area contributed by atoms with E-state index >= 15 is 0 Å². The Balaban J connectivity index is 0.00000704. The summed E-state index contributed by atoms with van der Waals surface area (Å²) in [6, 6.07) is 38.9. The molecule has 0 N–H and O–H groups in total. The van der Waals surface area contributed by atoms with Gasteiger partial charge in [0.15, 0.2) is 0 Å². The van der Waals surface area contributed by atoms with Crippen molar-refractivity contribution in [3.63, 3.8) is 0 Å². The van der Waals surface area contributed by atoms with E-state index in [1.807, 2.05) is 30.5 Å². The van der Waals surface area contributed by atoms with E-state index in [2.05, 4.69) is 102 Å². The standard InChI is InChI=1S/C64H64N2O2.Pt/c1-38-26-56(65-35-40(38)3)46-27-53(43-16-12-11-13-17-43)42(5)58(28-46)67-48-29-54-51-23-22-45-21-20-44-18-14-15-19-50(44)59(45)61(51)68-60(54)55(30-48)57-31-52(41(4)36-66-57)49-24-25-64(10,32-39(49)2)47-33-62(6,7)37-63(8,9)34-47;/h11-23,26-27,29,31,35-36,39,47,49H,24-25,32-34,37H2,1-10H3;/q-2;+2/i1D3,3D3,5D3,47D;. The van der Waals surface area contributed by atoms with Crippen molar-refractivity contribution < 1.29 is 43.9 Å². The average molecular weight is 1100 g/mol. The third-order valence-corrected chi connectivity index (χ3v) is 15.3. The molecule has 2 aliphatic carbocycles. The van der Waals surface area contributed by atoms with Crippen LogP contribution in [0.15, 0.2) is 120 Å². The number of aryl methyl sites for hydroxylation is 3. The summed E-state index contributed by atoms with van der Waals surface area (Å²) in [5.41, 5.74) is 4.62. The average Bonchev–Trinajstić information content (AvgIpc) is 4.05. The molecule has 3 heterocycles. The first kappa shape index (κ1) is 36.4. The predicted octanol–water partition coefficient (Wildman–Crippen LogP) is 18.1. The van der Waals surface area contributed by atoms with Crippen molar-refractivity contribution in [2.75, 3.05) is 0 Å². The summed E-state index contributed by atoms with van der Waals surface area (Å²) in [5.74, 6) is -0.115. The van der Waals surface area contributed by atoms with Crippen LogP contribution < -0.4 is 4.74 Å². The Hall–Kier alpha value is -5.57. The predicted molar refractivity (Wildman–Crippen MR) is 283 cm³/mol. The molecule has 2 aliphatic rings. The van der Waals surface area contributed by atoms with Gasteiger partial charge in [0, 0.05) is 48.4 Å². The van der Waals surface area contributed by atoms with Crippen LogP contribution in [-0.2, 0) is 21.1 Å². The summed E-state index contributed by atoms with van der Waals surface area (Å²) in [5, 5.41) is 5.50. The van der Waals surface area contributed by atoms with Gasteiger partial charge in [-0.25, -0.2) is 0 Å². The first-order valence-electron chi connectivity index (χ1n) is 29.1. The van der Waals surface area contributed by atoms with Crippen LogP contribution in [0.25, 0.3) is 77.1 Å². The van der Waals surface area contributed by atoms with E-state index in [1.54, 1.807) is 36.4 Å². The maximum atomic E-state index is 10.2. The molecule has 3 unspecified atom stereocenters. The maximum Gasteiger partial charge on any atom is 2.00 e. The Labute approximate surface area is 437 Å². The number of hydrogen-bond acceptors (Lipinski definition) is 4. The van der Waals surface area contributed by atoms with E-state index in [9.17, 15) is 1.37 Å². The Morgan fingerprint density at radius 2 is 1.43 bits per heavy atom. The van der Waals surface area contributed by atoms with Crippen LogP contribution in [0.1, 0.15) is 128 Å². The Kier molecular flexibility index (Phi) is 9.32. The first-order valence-corrected chi connectivity index (χ1v) is 24.1. The Morgan fingerprint density at radius 3 is 2.20 bits per heavy atom. The molecule has 3 aromatic heterocycles. The molecule has 4 nitrogen and oxygen atoms in total. The molecule has 6 aromatic carbocycles. The molecule has 0 radical (unpaired) electrons. The molecule has 2 saturated carbocycles. The molecular weight excluding hydrogens is 1020 g/mol. The van der Waals surface area contributed by atoms with Crippen molar-refractivity contribution in [1.29, 1.82) is 0 Å². The third kappa shape index (κ3) is 8.64. The maximum absolute atomic E-state index is 10.2. The van der Waals surface area contributed by atoms with Gasteiger partial charge in [0.1, 0.15) is 5.58 Å². The number of furan rings is 1. The van der Waals surface area contributed by atoms with Gasteiger partial charge < -0.3 is 19.1 Å². The van der Waals surface area contributed by atoms with E-state index in [4.69, 9.17) is 26.5 Å². The van der Waals surface area contributed by atoms with Crippen LogP contribution in [-0.4, -0.2) is 9.97 Å². The minimum atomic E-state index is -2.82. The second-order valence-corrected chi connectivity index (χ2v) is 21.8. The fraction of sp³-hybridized carbons (Fsp3) is 0.344. The van der Waals surface area contributed by atoms with Gasteiger partial charge in [-0.05, 0) is 143 Å². The molecule has 0 spiro atoms. The van der Waals surface area contributed by atoms with Crippen LogP contribution in [0.5, 0.6) is 11.5 Å². The van der Waals surface area contributed by atoms with Crippen molar-refractivity contribution in [1.82, 2.24) is 9.97 Å². The molecule has 5 heteroatoms. The van der Waals surface area contributed by atoms with Crippen molar-refractivity contribution in [3.8, 4) is 45.1 Å². The van der Waals surface area contributed by atoms with E-state index in [-0.39, 0.29) is 83.0 Å². The van der Waals surface area contributed by atoms with E-state index < -0.39 is 37.6 Å². The number of aromatic nitrogens is 2. The molecule has 11 rings (SSSR count).